The third-order valence-corrected chi connectivity index (χ3v) is 4.73. The van der Waals surface area contributed by atoms with Gasteiger partial charge in [0.15, 0.2) is 0 Å². The number of amides is 2. The van der Waals surface area contributed by atoms with E-state index in [-0.39, 0.29) is 11.1 Å². The van der Waals surface area contributed by atoms with Crippen LogP contribution in [0.1, 0.15) is 12.5 Å². The molecule has 1 aliphatic heterocycles. The number of hydrogen-bond donors (Lipinski definition) is 0. The van der Waals surface area contributed by atoms with Gasteiger partial charge in [-0.3, -0.25) is 9.59 Å². The fourth-order valence-electron chi connectivity index (χ4n) is 2.33. The van der Waals surface area contributed by atoms with Crippen LogP contribution < -0.4 is 9.64 Å². The van der Waals surface area contributed by atoms with Gasteiger partial charge in [-0.25, -0.2) is 4.90 Å². The highest BCUT2D eigenvalue weighted by Gasteiger charge is 2.36. The van der Waals surface area contributed by atoms with Crippen molar-refractivity contribution >= 4 is 50.6 Å². The van der Waals surface area contributed by atoms with E-state index in [1.54, 1.807) is 30.3 Å². The maximum atomic E-state index is 12.6. The minimum Gasteiger partial charge on any atom is -0.493 e. The third-order valence-electron chi connectivity index (χ3n) is 3.37. The highest BCUT2D eigenvalue weighted by Crippen LogP contribution is 2.37. The lowest BCUT2D eigenvalue weighted by Gasteiger charge is -2.11. The number of carbonyl (C=O) groups excluding carboxylic acids is 2. The van der Waals surface area contributed by atoms with Gasteiger partial charge >= 0.3 is 0 Å². The molecule has 1 saturated heterocycles. The van der Waals surface area contributed by atoms with Crippen molar-refractivity contribution in [3.8, 4) is 5.75 Å². The van der Waals surface area contributed by atoms with Gasteiger partial charge in [0.05, 0.1) is 17.2 Å². The summed E-state index contributed by atoms with van der Waals surface area (Å²) in [5.41, 5.74) is 1.33. The lowest BCUT2D eigenvalue weighted by molar-refractivity contribution is -0.113. The fourth-order valence-corrected chi connectivity index (χ4v) is 3.54. The molecule has 2 amide bonds. The number of imide groups is 1. The molecule has 0 spiro atoms. The summed E-state index contributed by atoms with van der Waals surface area (Å²) >= 11 is 4.35. The summed E-state index contributed by atoms with van der Waals surface area (Å²) in [6, 6.07) is 14.5. The fraction of sp³-hybridized carbons (Fsp3) is 0.111. The van der Waals surface area contributed by atoms with Gasteiger partial charge in [-0.1, -0.05) is 34.1 Å². The lowest BCUT2D eigenvalue weighted by atomic mass is 10.2. The van der Waals surface area contributed by atoms with Crippen molar-refractivity contribution in [1.29, 1.82) is 0 Å². The van der Waals surface area contributed by atoms with Crippen LogP contribution in [0.3, 0.4) is 0 Å². The molecule has 1 fully saturated rings. The number of para-hydroxylation sites is 1. The van der Waals surface area contributed by atoms with Crippen LogP contribution in [0.2, 0.25) is 0 Å². The van der Waals surface area contributed by atoms with Crippen LogP contribution in [0.15, 0.2) is 57.9 Å². The Morgan fingerprint density at radius 3 is 2.62 bits per heavy atom. The standard InChI is InChI=1S/C18H14BrNO3S/c1-2-23-15-9-8-13(19)10-12(15)11-16-17(21)20(18(22)24-16)14-6-4-3-5-7-14/h3-11H,2H2,1H3/b16-11+. The molecule has 0 aliphatic carbocycles. The number of benzene rings is 2. The van der Waals surface area contributed by atoms with Gasteiger partial charge in [0.25, 0.3) is 11.1 Å². The Hall–Kier alpha value is -2.05. The van der Waals surface area contributed by atoms with E-state index in [1.807, 2.05) is 31.2 Å². The number of ether oxygens (including phenoxy) is 1. The minimum atomic E-state index is -0.321. The van der Waals surface area contributed by atoms with E-state index in [2.05, 4.69) is 15.9 Å². The Morgan fingerprint density at radius 2 is 1.92 bits per heavy atom. The highest BCUT2D eigenvalue weighted by molar-refractivity contribution is 9.10. The van der Waals surface area contributed by atoms with Crippen LogP contribution in [0, 0.1) is 0 Å². The monoisotopic (exact) mass is 403 g/mol. The molecule has 0 saturated carbocycles. The second kappa shape index (κ2) is 7.23. The van der Waals surface area contributed by atoms with Gasteiger partial charge in [0.2, 0.25) is 0 Å². The van der Waals surface area contributed by atoms with Crippen molar-refractivity contribution in [2.45, 2.75) is 6.92 Å². The van der Waals surface area contributed by atoms with Crippen molar-refractivity contribution in [3.05, 3.63) is 63.5 Å². The maximum absolute atomic E-state index is 12.6. The smallest absolute Gasteiger partial charge is 0.298 e. The van der Waals surface area contributed by atoms with Crippen LogP contribution in [0.5, 0.6) is 5.75 Å². The van der Waals surface area contributed by atoms with E-state index in [1.165, 1.54) is 4.90 Å². The number of halogens is 1. The first-order valence-electron chi connectivity index (χ1n) is 7.35. The quantitative estimate of drug-likeness (QED) is 0.667. The molecule has 2 aromatic carbocycles. The SMILES string of the molecule is CCOc1ccc(Br)cc1/C=C1/SC(=O)N(c2ccccc2)C1=O. The van der Waals surface area contributed by atoms with E-state index in [0.29, 0.717) is 22.9 Å². The molecule has 0 radical (unpaired) electrons. The maximum Gasteiger partial charge on any atom is 0.298 e. The normalized spacial score (nSPS) is 16.1. The van der Waals surface area contributed by atoms with Crippen LogP contribution in [-0.2, 0) is 4.79 Å². The number of anilines is 1. The topological polar surface area (TPSA) is 46.6 Å². The second-order valence-corrected chi connectivity index (χ2v) is 6.88. The van der Waals surface area contributed by atoms with Gasteiger partial charge in [-0.05, 0) is 55.1 Å². The zero-order valence-corrected chi connectivity index (χ0v) is 15.3. The molecule has 0 aromatic heterocycles. The number of nitrogens with zero attached hydrogens (tertiary/aromatic N) is 1. The second-order valence-electron chi connectivity index (χ2n) is 4.97. The molecule has 1 aliphatic rings. The summed E-state index contributed by atoms with van der Waals surface area (Å²) < 4.78 is 6.47. The molecule has 4 nitrogen and oxygen atoms in total. The van der Waals surface area contributed by atoms with Crippen molar-refractivity contribution in [1.82, 2.24) is 0 Å². The van der Waals surface area contributed by atoms with Crippen LogP contribution in [-0.4, -0.2) is 17.8 Å². The van der Waals surface area contributed by atoms with E-state index in [4.69, 9.17) is 4.74 Å². The van der Waals surface area contributed by atoms with Crippen LogP contribution >= 0.6 is 27.7 Å². The van der Waals surface area contributed by atoms with E-state index in [9.17, 15) is 9.59 Å². The van der Waals surface area contributed by atoms with Crippen molar-refractivity contribution in [2.75, 3.05) is 11.5 Å². The lowest BCUT2D eigenvalue weighted by Crippen LogP contribution is -2.27. The largest absolute Gasteiger partial charge is 0.493 e. The molecule has 122 valence electrons. The van der Waals surface area contributed by atoms with Gasteiger partial charge in [0, 0.05) is 10.0 Å². The molecular formula is C18H14BrNO3S. The van der Waals surface area contributed by atoms with Crippen molar-refractivity contribution in [3.63, 3.8) is 0 Å². The Kier molecular flexibility index (Phi) is 5.06. The Labute approximate surface area is 152 Å². The zero-order valence-electron chi connectivity index (χ0n) is 12.9. The molecule has 2 aromatic rings. The summed E-state index contributed by atoms with van der Waals surface area (Å²) in [5, 5.41) is -0.301. The summed E-state index contributed by atoms with van der Waals surface area (Å²) in [7, 11) is 0. The van der Waals surface area contributed by atoms with E-state index < -0.39 is 0 Å². The highest BCUT2D eigenvalue weighted by atomic mass is 79.9. The summed E-state index contributed by atoms with van der Waals surface area (Å²) in [6.07, 6.45) is 1.70. The van der Waals surface area contributed by atoms with E-state index in [0.717, 1.165) is 21.8 Å². The molecule has 0 N–H and O–H groups in total. The summed E-state index contributed by atoms with van der Waals surface area (Å²) in [6.45, 7) is 2.42. The number of hydrogen-bond acceptors (Lipinski definition) is 4. The zero-order chi connectivity index (χ0) is 17.1. The van der Waals surface area contributed by atoms with Gasteiger partial charge in [-0.15, -0.1) is 0 Å². The average molecular weight is 404 g/mol. The van der Waals surface area contributed by atoms with Gasteiger partial charge in [0.1, 0.15) is 5.75 Å². The number of rotatable bonds is 4. The molecule has 24 heavy (non-hydrogen) atoms. The summed E-state index contributed by atoms with van der Waals surface area (Å²) in [4.78, 5) is 26.5. The summed E-state index contributed by atoms with van der Waals surface area (Å²) in [5.74, 6) is 0.353. The first-order valence-corrected chi connectivity index (χ1v) is 8.96. The number of carbonyl (C=O) groups is 2. The van der Waals surface area contributed by atoms with E-state index >= 15 is 0 Å². The Morgan fingerprint density at radius 1 is 1.17 bits per heavy atom. The molecule has 0 unspecified atom stereocenters. The predicted molar refractivity (Wildman–Crippen MR) is 100 cm³/mol. The molecule has 0 atom stereocenters. The molecule has 6 heteroatoms. The Balaban J connectivity index is 1.97. The third kappa shape index (κ3) is 3.39. The minimum absolute atomic E-state index is 0.301. The van der Waals surface area contributed by atoms with Crippen molar-refractivity contribution < 1.29 is 14.3 Å². The molecule has 3 rings (SSSR count). The van der Waals surface area contributed by atoms with Gasteiger partial charge in [-0.2, -0.15) is 0 Å². The molecule has 1 heterocycles. The van der Waals surface area contributed by atoms with Crippen molar-refractivity contribution in [2.24, 2.45) is 0 Å². The van der Waals surface area contributed by atoms with Crippen LogP contribution in [0.4, 0.5) is 10.5 Å². The molecular weight excluding hydrogens is 390 g/mol. The van der Waals surface area contributed by atoms with Crippen LogP contribution in [0.25, 0.3) is 6.08 Å². The molecule has 0 bridgehead atoms. The Bertz CT molecular complexity index is 820. The first kappa shape index (κ1) is 16.8. The van der Waals surface area contributed by atoms with Gasteiger partial charge < -0.3 is 4.74 Å². The average Bonchev–Trinajstić information content (AvgIpc) is 2.85. The number of thioether (sulfide) groups is 1. The predicted octanol–water partition coefficient (Wildman–Crippen LogP) is 5.09. The first-order chi connectivity index (χ1) is 11.6.